The summed E-state index contributed by atoms with van der Waals surface area (Å²) in [6.07, 6.45) is 0. The number of amides is 1. The molecule has 2 heterocycles. The molecule has 158 valence electrons. The van der Waals surface area contributed by atoms with Gasteiger partial charge in [0, 0.05) is 33.6 Å². The van der Waals surface area contributed by atoms with E-state index >= 15 is 0 Å². The maximum absolute atomic E-state index is 12.4. The lowest BCUT2D eigenvalue weighted by molar-refractivity contribution is -0.113. The van der Waals surface area contributed by atoms with E-state index in [4.69, 9.17) is 0 Å². The molecule has 0 spiro atoms. The molecule has 5 nitrogen and oxygen atoms in total. The zero-order valence-corrected chi connectivity index (χ0v) is 19.4. The van der Waals surface area contributed by atoms with Gasteiger partial charge in [-0.3, -0.25) is 4.79 Å². The number of carbonyl (C=O) groups excluding carboxylic acids is 1. The molecule has 4 aromatic rings. The Morgan fingerprint density at radius 2 is 1.81 bits per heavy atom. The number of hydrogen-bond acceptors (Lipinski definition) is 5. The van der Waals surface area contributed by atoms with Crippen molar-refractivity contribution in [3.63, 3.8) is 0 Å². The van der Waals surface area contributed by atoms with E-state index in [1.165, 1.54) is 27.8 Å². The molecule has 0 fully saturated rings. The molecule has 2 aromatic heterocycles. The number of nitrogens with one attached hydrogen (secondary N) is 1. The molecule has 0 aliphatic rings. The number of rotatable bonds is 7. The normalized spacial score (nSPS) is 10.9. The number of thioether (sulfide) groups is 1. The minimum atomic E-state index is -0.0580. The van der Waals surface area contributed by atoms with Gasteiger partial charge in [-0.15, -0.1) is 21.5 Å². The third-order valence-electron chi connectivity index (χ3n) is 4.98. The van der Waals surface area contributed by atoms with Crippen LogP contribution in [0.15, 0.2) is 65.1 Å². The second kappa shape index (κ2) is 9.49. The van der Waals surface area contributed by atoms with Gasteiger partial charge in [0.2, 0.25) is 5.91 Å². The molecule has 0 radical (unpaired) electrons. The van der Waals surface area contributed by atoms with Crippen molar-refractivity contribution in [1.29, 1.82) is 0 Å². The van der Waals surface area contributed by atoms with Crippen LogP contribution < -0.4 is 5.32 Å². The Balaban J connectivity index is 1.54. The molecule has 0 saturated carbocycles. The highest BCUT2D eigenvalue weighted by Crippen LogP contribution is 2.39. The molecule has 0 bridgehead atoms. The van der Waals surface area contributed by atoms with Gasteiger partial charge in [-0.2, -0.15) is 0 Å². The van der Waals surface area contributed by atoms with E-state index in [-0.39, 0.29) is 11.7 Å². The summed E-state index contributed by atoms with van der Waals surface area (Å²) in [6.45, 7) is 6.96. The van der Waals surface area contributed by atoms with Crippen LogP contribution in [-0.4, -0.2) is 26.4 Å². The van der Waals surface area contributed by atoms with Crippen LogP contribution in [0.4, 0.5) is 5.69 Å². The first-order chi connectivity index (χ1) is 15.1. The molecule has 4 rings (SSSR count). The van der Waals surface area contributed by atoms with Crippen LogP contribution in [0.25, 0.3) is 22.5 Å². The molecule has 0 unspecified atom stereocenters. The fourth-order valence-corrected chi connectivity index (χ4v) is 5.09. The number of aryl methyl sites for hydroxylation is 2. The number of hydrogen-bond donors (Lipinski definition) is 1. The standard InChI is InChI=1S/C24H24N4OS2/c1-4-28-23(20-14-30-17(3)22(20)18-8-6-5-7-9-18)26-27-24(28)31-15-21(29)25-19-12-10-16(2)11-13-19/h5-14H,4,15H2,1-3H3,(H,25,29). The van der Waals surface area contributed by atoms with Gasteiger partial charge in [0.15, 0.2) is 11.0 Å². The van der Waals surface area contributed by atoms with Crippen molar-refractivity contribution in [2.45, 2.75) is 32.5 Å². The van der Waals surface area contributed by atoms with Crippen molar-refractivity contribution >= 4 is 34.7 Å². The summed E-state index contributed by atoms with van der Waals surface area (Å²) >= 11 is 3.12. The Morgan fingerprint density at radius 1 is 1.06 bits per heavy atom. The fraction of sp³-hybridized carbons (Fsp3) is 0.208. The average Bonchev–Trinajstić information content (AvgIpc) is 3.37. The molecule has 2 aromatic carbocycles. The Labute approximate surface area is 190 Å². The molecule has 7 heteroatoms. The van der Waals surface area contributed by atoms with Gasteiger partial charge in [0.05, 0.1) is 5.75 Å². The van der Waals surface area contributed by atoms with Crippen molar-refractivity contribution in [2.24, 2.45) is 0 Å². The lowest BCUT2D eigenvalue weighted by Gasteiger charge is -2.09. The number of benzene rings is 2. The number of thiophene rings is 1. The van der Waals surface area contributed by atoms with Crippen molar-refractivity contribution in [2.75, 3.05) is 11.1 Å². The van der Waals surface area contributed by atoms with Crippen molar-refractivity contribution in [3.05, 3.63) is 70.4 Å². The average molecular weight is 449 g/mol. The number of anilines is 1. The van der Waals surface area contributed by atoms with Crippen LogP contribution >= 0.6 is 23.1 Å². The molecule has 0 atom stereocenters. The van der Waals surface area contributed by atoms with Crippen LogP contribution in [0, 0.1) is 13.8 Å². The summed E-state index contributed by atoms with van der Waals surface area (Å²) in [5.41, 5.74) is 5.42. The number of nitrogens with zero attached hydrogens (tertiary/aromatic N) is 3. The Morgan fingerprint density at radius 3 is 2.52 bits per heavy atom. The highest BCUT2D eigenvalue weighted by molar-refractivity contribution is 7.99. The van der Waals surface area contributed by atoms with E-state index in [1.807, 2.05) is 37.3 Å². The second-order valence-electron chi connectivity index (χ2n) is 7.20. The first-order valence-electron chi connectivity index (χ1n) is 10.1. The van der Waals surface area contributed by atoms with Crippen molar-refractivity contribution in [1.82, 2.24) is 14.8 Å². The van der Waals surface area contributed by atoms with Gasteiger partial charge in [0.25, 0.3) is 0 Å². The van der Waals surface area contributed by atoms with Gasteiger partial charge in [0.1, 0.15) is 0 Å². The zero-order chi connectivity index (χ0) is 21.8. The van der Waals surface area contributed by atoms with Crippen molar-refractivity contribution in [3.8, 4) is 22.5 Å². The predicted octanol–water partition coefficient (Wildman–Crippen LogP) is 6.04. The first-order valence-corrected chi connectivity index (χ1v) is 12.0. The van der Waals surface area contributed by atoms with E-state index in [9.17, 15) is 4.79 Å². The summed E-state index contributed by atoms with van der Waals surface area (Å²) < 4.78 is 2.08. The molecule has 31 heavy (non-hydrogen) atoms. The predicted molar refractivity (Wildman–Crippen MR) is 130 cm³/mol. The molecular formula is C24H24N4OS2. The van der Waals surface area contributed by atoms with Gasteiger partial charge in [-0.05, 0) is 38.5 Å². The quantitative estimate of drug-likeness (QED) is 0.350. The van der Waals surface area contributed by atoms with Crippen LogP contribution in [0.3, 0.4) is 0 Å². The monoisotopic (exact) mass is 448 g/mol. The largest absolute Gasteiger partial charge is 0.325 e. The maximum Gasteiger partial charge on any atom is 0.234 e. The zero-order valence-electron chi connectivity index (χ0n) is 17.8. The molecule has 0 aliphatic heterocycles. The van der Waals surface area contributed by atoms with Crippen LogP contribution in [-0.2, 0) is 11.3 Å². The SMILES string of the molecule is CCn1c(SCC(=O)Nc2ccc(C)cc2)nnc1-c1csc(C)c1-c1ccccc1. The summed E-state index contributed by atoms with van der Waals surface area (Å²) in [5, 5.41) is 14.7. The fourth-order valence-electron chi connectivity index (χ4n) is 3.43. The van der Waals surface area contributed by atoms with E-state index in [2.05, 4.69) is 63.6 Å². The minimum absolute atomic E-state index is 0.0580. The van der Waals surface area contributed by atoms with E-state index in [0.29, 0.717) is 0 Å². The van der Waals surface area contributed by atoms with Gasteiger partial charge < -0.3 is 9.88 Å². The molecule has 0 saturated heterocycles. The van der Waals surface area contributed by atoms with E-state index < -0.39 is 0 Å². The molecular weight excluding hydrogens is 424 g/mol. The minimum Gasteiger partial charge on any atom is -0.325 e. The summed E-state index contributed by atoms with van der Waals surface area (Å²) in [4.78, 5) is 13.7. The van der Waals surface area contributed by atoms with Crippen LogP contribution in [0.2, 0.25) is 0 Å². The highest BCUT2D eigenvalue weighted by Gasteiger charge is 2.20. The first kappa shape index (κ1) is 21.3. The van der Waals surface area contributed by atoms with E-state index in [1.54, 1.807) is 11.3 Å². The maximum atomic E-state index is 12.4. The van der Waals surface area contributed by atoms with Crippen LogP contribution in [0.1, 0.15) is 17.4 Å². The third kappa shape index (κ3) is 4.73. The number of aromatic nitrogens is 3. The summed E-state index contributed by atoms with van der Waals surface area (Å²) in [6, 6.07) is 18.2. The smallest absolute Gasteiger partial charge is 0.234 e. The lowest BCUT2D eigenvalue weighted by atomic mass is 10.0. The summed E-state index contributed by atoms with van der Waals surface area (Å²) in [5.74, 6) is 1.06. The molecule has 1 N–H and O–H groups in total. The molecule has 0 aliphatic carbocycles. The Kier molecular flexibility index (Phi) is 6.53. The summed E-state index contributed by atoms with van der Waals surface area (Å²) in [7, 11) is 0. The Bertz CT molecular complexity index is 1180. The number of carbonyl (C=O) groups is 1. The topological polar surface area (TPSA) is 59.8 Å². The lowest BCUT2D eigenvalue weighted by Crippen LogP contribution is -2.14. The highest BCUT2D eigenvalue weighted by atomic mass is 32.2. The van der Waals surface area contributed by atoms with Crippen LogP contribution in [0.5, 0.6) is 0 Å². The van der Waals surface area contributed by atoms with Gasteiger partial charge in [-0.25, -0.2) is 0 Å². The third-order valence-corrected chi connectivity index (χ3v) is 6.86. The van der Waals surface area contributed by atoms with Gasteiger partial charge in [-0.1, -0.05) is 59.8 Å². The van der Waals surface area contributed by atoms with E-state index in [0.717, 1.165) is 34.3 Å². The second-order valence-corrected chi connectivity index (χ2v) is 9.23. The van der Waals surface area contributed by atoms with Gasteiger partial charge >= 0.3 is 0 Å². The Hall–Kier alpha value is -2.90. The van der Waals surface area contributed by atoms with Crippen molar-refractivity contribution < 1.29 is 4.79 Å². The molecule has 1 amide bonds.